The van der Waals surface area contributed by atoms with Crippen molar-refractivity contribution >= 4 is 33.5 Å². The van der Waals surface area contributed by atoms with E-state index in [2.05, 4.69) is 4.98 Å². The van der Waals surface area contributed by atoms with Crippen LogP contribution in [-0.4, -0.2) is 31.7 Å². The molecule has 1 unspecified atom stereocenters. The van der Waals surface area contributed by atoms with Gasteiger partial charge in [-0.1, -0.05) is 13.8 Å². The number of thiophene rings is 1. The van der Waals surface area contributed by atoms with Crippen molar-refractivity contribution in [2.45, 2.75) is 46.1 Å². The smallest absolute Gasteiger partial charge is 0.346 e. The van der Waals surface area contributed by atoms with Crippen molar-refractivity contribution in [3.8, 4) is 0 Å². The summed E-state index contributed by atoms with van der Waals surface area (Å²) in [4.78, 5) is 40.4. The third kappa shape index (κ3) is 2.86. The molecule has 0 aliphatic heterocycles. The molecule has 0 amide bonds. The molecule has 0 saturated heterocycles. The first kappa shape index (κ1) is 17.1. The molecule has 0 radical (unpaired) electrons. The molecule has 0 saturated carbocycles. The highest BCUT2D eigenvalue weighted by Gasteiger charge is 2.26. The summed E-state index contributed by atoms with van der Waals surface area (Å²) in [6.45, 7) is 5.15. The minimum Gasteiger partial charge on any atom is -0.480 e. The van der Waals surface area contributed by atoms with Crippen LogP contribution in [0.15, 0.2) is 4.79 Å². The van der Waals surface area contributed by atoms with Gasteiger partial charge < -0.3 is 10.2 Å². The fourth-order valence-electron chi connectivity index (χ4n) is 2.63. The average Bonchev–Trinajstić information content (AvgIpc) is 2.80. The molecule has 1 atom stereocenters. The molecule has 23 heavy (non-hydrogen) atoms. The van der Waals surface area contributed by atoms with Gasteiger partial charge in [0.2, 0.25) is 0 Å². The number of rotatable bonds is 6. The van der Waals surface area contributed by atoms with Gasteiger partial charge in [-0.05, 0) is 25.3 Å². The van der Waals surface area contributed by atoms with E-state index in [9.17, 15) is 24.6 Å². The summed E-state index contributed by atoms with van der Waals surface area (Å²) in [6, 6.07) is -1.01. The number of carbonyl (C=O) groups is 2. The summed E-state index contributed by atoms with van der Waals surface area (Å²) in [5, 5.41) is 18.8. The Labute approximate surface area is 136 Å². The van der Waals surface area contributed by atoms with E-state index in [0.717, 1.165) is 11.3 Å². The lowest BCUT2D eigenvalue weighted by molar-refractivity contribution is -0.141. The molecule has 7 nitrogen and oxygen atoms in total. The monoisotopic (exact) mass is 338 g/mol. The van der Waals surface area contributed by atoms with Crippen LogP contribution < -0.4 is 5.56 Å². The van der Waals surface area contributed by atoms with Crippen LogP contribution in [0.25, 0.3) is 10.2 Å². The zero-order valence-electron chi connectivity index (χ0n) is 13.1. The lowest BCUT2D eigenvalue weighted by Crippen LogP contribution is -2.33. The van der Waals surface area contributed by atoms with Crippen molar-refractivity contribution in [2.75, 3.05) is 0 Å². The zero-order chi connectivity index (χ0) is 17.3. The van der Waals surface area contributed by atoms with Crippen molar-refractivity contribution in [1.82, 2.24) is 9.55 Å². The summed E-state index contributed by atoms with van der Waals surface area (Å²) in [5.74, 6) is -1.82. The van der Waals surface area contributed by atoms with Crippen molar-refractivity contribution in [2.24, 2.45) is 0 Å². The van der Waals surface area contributed by atoms with Crippen molar-refractivity contribution in [1.29, 1.82) is 0 Å². The molecule has 0 aliphatic carbocycles. The second-order valence-corrected chi connectivity index (χ2v) is 6.26. The predicted octanol–water partition coefficient (Wildman–Crippen LogP) is 2.45. The van der Waals surface area contributed by atoms with E-state index in [1.54, 1.807) is 13.8 Å². The number of nitrogens with zero attached hydrogens (tertiary/aromatic N) is 2. The standard InChI is InChI=1S/C15H18N2O5S/c1-4-6-9-16-12-10(7(3)11(23-12)15(21)22)13(18)17(9)8(5-2)14(19)20/h8H,4-6H2,1-3H3,(H,19,20)(H,21,22). The molecule has 2 rings (SSSR count). The second-order valence-electron chi connectivity index (χ2n) is 5.26. The number of carboxylic acids is 2. The lowest BCUT2D eigenvalue weighted by atomic mass is 10.1. The lowest BCUT2D eigenvalue weighted by Gasteiger charge is -2.18. The Hall–Kier alpha value is -2.22. The Morgan fingerprint density at radius 3 is 2.43 bits per heavy atom. The van der Waals surface area contributed by atoms with Crippen LogP contribution >= 0.6 is 11.3 Å². The van der Waals surface area contributed by atoms with E-state index in [-0.39, 0.29) is 16.7 Å². The average molecular weight is 338 g/mol. The topological polar surface area (TPSA) is 109 Å². The van der Waals surface area contributed by atoms with Gasteiger partial charge in [0.05, 0.1) is 5.39 Å². The zero-order valence-corrected chi connectivity index (χ0v) is 13.9. The number of carboxylic acid groups (broad SMARTS) is 2. The molecule has 0 aromatic carbocycles. The van der Waals surface area contributed by atoms with E-state index in [4.69, 9.17) is 0 Å². The maximum atomic E-state index is 12.9. The van der Waals surface area contributed by atoms with Crippen LogP contribution in [0.3, 0.4) is 0 Å². The van der Waals surface area contributed by atoms with E-state index < -0.39 is 23.5 Å². The summed E-state index contributed by atoms with van der Waals surface area (Å²) in [7, 11) is 0. The number of hydrogen-bond donors (Lipinski definition) is 2. The van der Waals surface area contributed by atoms with Crippen LogP contribution in [-0.2, 0) is 11.2 Å². The highest BCUT2D eigenvalue weighted by atomic mass is 32.1. The molecular formula is C15H18N2O5S. The molecule has 2 heterocycles. The highest BCUT2D eigenvalue weighted by molar-refractivity contribution is 7.20. The van der Waals surface area contributed by atoms with Gasteiger partial charge in [0, 0.05) is 6.42 Å². The molecule has 2 N–H and O–H groups in total. The molecule has 8 heteroatoms. The first-order valence-electron chi connectivity index (χ1n) is 7.34. The van der Waals surface area contributed by atoms with Gasteiger partial charge in [-0.15, -0.1) is 11.3 Å². The Kier molecular flexibility index (Phi) is 4.84. The Balaban J connectivity index is 2.89. The minimum absolute atomic E-state index is 0.0631. The molecule has 2 aromatic heterocycles. The van der Waals surface area contributed by atoms with Gasteiger partial charge in [-0.3, -0.25) is 9.36 Å². The van der Waals surface area contributed by atoms with Crippen molar-refractivity contribution in [3.05, 3.63) is 26.6 Å². The molecule has 0 aliphatic rings. The third-order valence-electron chi connectivity index (χ3n) is 3.72. The van der Waals surface area contributed by atoms with Gasteiger partial charge in [-0.25, -0.2) is 14.6 Å². The van der Waals surface area contributed by atoms with Gasteiger partial charge in [0.1, 0.15) is 21.6 Å². The van der Waals surface area contributed by atoms with Gasteiger partial charge in [0.25, 0.3) is 5.56 Å². The fourth-order valence-corrected chi connectivity index (χ4v) is 3.66. The number of aryl methyl sites for hydroxylation is 2. The first-order chi connectivity index (χ1) is 10.8. The number of aromatic nitrogens is 2. The number of aromatic carboxylic acids is 1. The molecule has 124 valence electrons. The summed E-state index contributed by atoms with van der Waals surface area (Å²) < 4.78 is 1.21. The van der Waals surface area contributed by atoms with Crippen LogP contribution in [0.1, 0.15) is 53.8 Å². The quantitative estimate of drug-likeness (QED) is 0.837. The largest absolute Gasteiger partial charge is 0.480 e. The molecular weight excluding hydrogens is 320 g/mol. The molecule has 0 fully saturated rings. The first-order valence-corrected chi connectivity index (χ1v) is 8.15. The van der Waals surface area contributed by atoms with E-state index in [1.807, 2.05) is 6.92 Å². The van der Waals surface area contributed by atoms with Gasteiger partial charge >= 0.3 is 11.9 Å². The molecule has 0 spiro atoms. The maximum absolute atomic E-state index is 12.9. The summed E-state index contributed by atoms with van der Waals surface area (Å²) in [5.41, 5.74) is -0.138. The van der Waals surface area contributed by atoms with E-state index in [0.29, 0.717) is 29.1 Å². The molecule has 0 bridgehead atoms. The number of fused-ring (bicyclic) bond motifs is 1. The van der Waals surface area contributed by atoms with Crippen molar-refractivity contribution in [3.63, 3.8) is 0 Å². The second kappa shape index (κ2) is 6.49. The van der Waals surface area contributed by atoms with Crippen molar-refractivity contribution < 1.29 is 19.8 Å². The highest BCUT2D eigenvalue weighted by Crippen LogP contribution is 2.28. The van der Waals surface area contributed by atoms with E-state index in [1.165, 1.54) is 4.57 Å². The van der Waals surface area contributed by atoms with Gasteiger partial charge in [0.15, 0.2) is 0 Å². The number of hydrogen-bond acceptors (Lipinski definition) is 5. The Morgan fingerprint density at radius 2 is 1.96 bits per heavy atom. The van der Waals surface area contributed by atoms with Crippen LogP contribution in [0.5, 0.6) is 0 Å². The summed E-state index contributed by atoms with van der Waals surface area (Å²) in [6.07, 6.45) is 1.40. The van der Waals surface area contributed by atoms with E-state index >= 15 is 0 Å². The normalized spacial score (nSPS) is 12.5. The van der Waals surface area contributed by atoms with Crippen LogP contribution in [0.2, 0.25) is 0 Å². The van der Waals surface area contributed by atoms with Crippen LogP contribution in [0, 0.1) is 6.92 Å². The third-order valence-corrected chi connectivity index (χ3v) is 4.89. The fraction of sp³-hybridized carbons (Fsp3) is 0.467. The number of aliphatic carboxylic acids is 1. The maximum Gasteiger partial charge on any atom is 0.346 e. The SMILES string of the molecule is CCCc1nc2sc(C(=O)O)c(C)c2c(=O)n1C(CC)C(=O)O. The summed E-state index contributed by atoms with van der Waals surface area (Å²) >= 11 is 0.951. The Bertz CT molecular complexity index is 836. The predicted molar refractivity (Wildman–Crippen MR) is 86.5 cm³/mol. The Morgan fingerprint density at radius 1 is 1.30 bits per heavy atom. The minimum atomic E-state index is -1.11. The molecule has 2 aromatic rings. The van der Waals surface area contributed by atoms with Gasteiger partial charge in [-0.2, -0.15) is 0 Å². The van der Waals surface area contributed by atoms with Crippen LogP contribution in [0.4, 0.5) is 0 Å².